The molecule has 0 aliphatic carbocycles. The standard InChI is InChI=1S/C8H7BrNO2/c1-10(8(11)12)7-4-2-6(9)3-5-7/h2-5H,1H3. The van der Waals surface area contributed by atoms with Crippen LogP contribution in [0.15, 0.2) is 28.7 Å². The minimum atomic E-state index is -1.21. The fourth-order valence-electron chi connectivity index (χ4n) is 0.770. The van der Waals surface area contributed by atoms with Crippen molar-refractivity contribution in [1.29, 1.82) is 0 Å². The maximum atomic E-state index is 10.4. The number of benzene rings is 1. The Bertz CT molecular complexity index is 284. The number of carbonyl (C=O) groups is 1. The normalized spacial score (nSPS) is 9.50. The molecule has 3 nitrogen and oxygen atoms in total. The van der Waals surface area contributed by atoms with E-state index in [1.807, 2.05) is 0 Å². The Labute approximate surface area is 78.7 Å². The number of rotatable bonds is 1. The summed E-state index contributed by atoms with van der Waals surface area (Å²) < 4.78 is 0.915. The van der Waals surface area contributed by atoms with E-state index in [1.165, 1.54) is 7.05 Å². The largest absolute Gasteiger partial charge is 0.457 e. The lowest BCUT2D eigenvalue weighted by molar-refractivity contribution is 0.178. The Kier molecular flexibility index (Phi) is 2.70. The van der Waals surface area contributed by atoms with Gasteiger partial charge in [-0.1, -0.05) is 15.9 Å². The Morgan fingerprint density at radius 1 is 1.33 bits per heavy atom. The molecule has 1 rings (SSSR count). The third-order valence-electron chi connectivity index (χ3n) is 1.49. The summed E-state index contributed by atoms with van der Waals surface area (Å²) in [5.41, 5.74) is 0.596. The number of amides is 1. The monoisotopic (exact) mass is 228 g/mol. The number of halogens is 1. The molecule has 0 N–H and O–H groups in total. The van der Waals surface area contributed by atoms with Crippen LogP contribution < -0.4 is 4.90 Å². The fourth-order valence-corrected chi connectivity index (χ4v) is 1.03. The van der Waals surface area contributed by atoms with Gasteiger partial charge in [0, 0.05) is 17.2 Å². The molecule has 0 aliphatic heterocycles. The van der Waals surface area contributed by atoms with Gasteiger partial charge in [-0.3, -0.25) is 4.90 Å². The number of hydrogen-bond donors (Lipinski definition) is 0. The fraction of sp³-hybridized carbons (Fsp3) is 0.125. The summed E-state index contributed by atoms with van der Waals surface area (Å²) in [6, 6.07) is 6.93. The lowest BCUT2D eigenvalue weighted by Gasteiger charge is -2.10. The summed E-state index contributed by atoms with van der Waals surface area (Å²) >= 11 is 3.25. The Balaban J connectivity index is 2.89. The van der Waals surface area contributed by atoms with E-state index in [4.69, 9.17) is 0 Å². The van der Waals surface area contributed by atoms with Crippen LogP contribution in [-0.2, 0) is 5.11 Å². The number of anilines is 1. The SMILES string of the molecule is CN(C([O])=O)c1ccc(Br)cc1. The summed E-state index contributed by atoms with van der Waals surface area (Å²) in [7, 11) is 1.44. The van der Waals surface area contributed by atoms with E-state index in [9.17, 15) is 9.90 Å². The van der Waals surface area contributed by atoms with E-state index >= 15 is 0 Å². The summed E-state index contributed by atoms with van der Waals surface area (Å²) in [6.45, 7) is 0. The van der Waals surface area contributed by atoms with Crippen LogP contribution in [0.25, 0.3) is 0 Å². The van der Waals surface area contributed by atoms with E-state index < -0.39 is 6.09 Å². The molecule has 0 atom stereocenters. The lowest BCUT2D eigenvalue weighted by atomic mass is 10.3. The van der Waals surface area contributed by atoms with Crippen molar-refractivity contribution in [2.75, 3.05) is 11.9 Å². The highest BCUT2D eigenvalue weighted by Gasteiger charge is 2.08. The molecule has 1 amide bonds. The molecule has 0 bridgehead atoms. The predicted octanol–water partition coefficient (Wildman–Crippen LogP) is 2.44. The van der Waals surface area contributed by atoms with Gasteiger partial charge in [-0.05, 0) is 24.3 Å². The third kappa shape index (κ3) is 1.98. The third-order valence-corrected chi connectivity index (χ3v) is 2.02. The second-order valence-corrected chi connectivity index (χ2v) is 3.22. The predicted molar refractivity (Wildman–Crippen MR) is 48.6 cm³/mol. The van der Waals surface area contributed by atoms with Crippen LogP contribution in [0.5, 0.6) is 0 Å². The highest BCUT2D eigenvalue weighted by Crippen LogP contribution is 2.16. The molecule has 0 heterocycles. The van der Waals surface area contributed by atoms with Crippen LogP contribution in [0.2, 0.25) is 0 Å². The first-order valence-electron chi connectivity index (χ1n) is 3.31. The second kappa shape index (κ2) is 3.58. The van der Waals surface area contributed by atoms with Gasteiger partial charge in [-0.15, -0.1) is 0 Å². The van der Waals surface area contributed by atoms with Crippen molar-refractivity contribution < 1.29 is 9.90 Å². The summed E-state index contributed by atoms with van der Waals surface area (Å²) in [4.78, 5) is 11.4. The zero-order chi connectivity index (χ0) is 9.14. The quantitative estimate of drug-likeness (QED) is 0.728. The molecule has 1 radical (unpaired) electrons. The number of nitrogens with zero attached hydrogens (tertiary/aromatic N) is 1. The highest BCUT2D eigenvalue weighted by molar-refractivity contribution is 9.10. The van der Waals surface area contributed by atoms with Gasteiger partial charge in [0.1, 0.15) is 0 Å². The first kappa shape index (κ1) is 9.06. The molecule has 4 heteroatoms. The van der Waals surface area contributed by atoms with Crippen molar-refractivity contribution in [3.05, 3.63) is 28.7 Å². The molecule has 0 fully saturated rings. The van der Waals surface area contributed by atoms with E-state index in [2.05, 4.69) is 15.9 Å². The topological polar surface area (TPSA) is 40.2 Å². The van der Waals surface area contributed by atoms with Crippen LogP contribution in [0.1, 0.15) is 0 Å². The molecule has 1 aromatic carbocycles. The molecule has 0 spiro atoms. The maximum Gasteiger partial charge on any atom is 0.457 e. The Hall–Kier alpha value is -1.03. The van der Waals surface area contributed by atoms with Crippen molar-refractivity contribution >= 4 is 27.7 Å². The van der Waals surface area contributed by atoms with E-state index in [0.29, 0.717) is 5.69 Å². The molecule has 0 aromatic heterocycles. The highest BCUT2D eigenvalue weighted by atomic mass is 79.9. The van der Waals surface area contributed by atoms with Gasteiger partial charge in [-0.25, -0.2) is 9.90 Å². The summed E-state index contributed by atoms with van der Waals surface area (Å²) in [6.07, 6.45) is -1.21. The van der Waals surface area contributed by atoms with Gasteiger partial charge in [0.05, 0.1) is 0 Å². The second-order valence-electron chi connectivity index (χ2n) is 2.30. The minimum Gasteiger partial charge on any atom is -0.278 e. The summed E-state index contributed by atoms with van der Waals surface area (Å²) in [5, 5.41) is 10.4. The smallest absolute Gasteiger partial charge is 0.278 e. The molecule has 0 unspecified atom stereocenters. The molecule has 0 saturated carbocycles. The van der Waals surface area contributed by atoms with E-state index in [1.54, 1.807) is 24.3 Å². The van der Waals surface area contributed by atoms with Crippen LogP contribution >= 0.6 is 15.9 Å². The van der Waals surface area contributed by atoms with Gasteiger partial charge in [0.2, 0.25) is 0 Å². The molecular weight excluding hydrogens is 222 g/mol. The molecule has 0 saturated heterocycles. The van der Waals surface area contributed by atoms with Crippen molar-refractivity contribution in [3.63, 3.8) is 0 Å². The minimum absolute atomic E-state index is 0.596. The van der Waals surface area contributed by atoms with Gasteiger partial charge >= 0.3 is 6.09 Å². The van der Waals surface area contributed by atoms with Crippen LogP contribution in [0, 0.1) is 0 Å². The zero-order valence-corrected chi connectivity index (χ0v) is 8.04. The Morgan fingerprint density at radius 2 is 1.83 bits per heavy atom. The number of carbonyl (C=O) groups excluding carboxylic acids is 1. The maximum absolute atomic E-state index is 10.4. The van der Waals surface area contributed by atoms with Crippen LogP contribution in [-0.4, -0.2) is 13.1 Å². The van der Waals surface area contributed by atoms with Crippen molar-refractivity contribution in [2.24, 2.45) is 0 Å². The van der Waals surface area contributed by atoms with E-state index in [-0.39, 0.29) is 0 Å². The van der Waals surface area contributed by atoms with Crippen LogP contribution in [0.4, 0.5) is 10.5 Å². The van der Waals surface area contributed by atoms with Gasteiger partial charge in [-0.2, -0.15) is 0 Å². The lowest BCUT2D eigenvalue weighted by Crippen LogP contribution is -2.22. The van der Waals surface area contributed by atoms with Gasteiger partial charge < -0.3 is 0 Å². The average molecular weight is 229 g/mol. The first-order chi connectivity index (χ1) is 5.61. The van der Waals surface area contributed by atoms with Crippen molar-refractivity contribution in [2.45, 2.75) is 0 Å². The molecular formula is C8H7BrNO2. The van der Waals surface area contributed by atoms with Gasteiger partial charge in [0.15, 0.2) is 0 Å². The average Bonchev–Trinajstić information content (AvgIpc) is 2.04. The van der Waals surface area contributed by atoms with E-state index in [0.717, 1.165) is 9.37 Å². The molecule has 12 heavy (non-hydrogen) atoms. The first-order valence-corrected chi connectivity index (χ1v) is 4.11. The Morgan fingerprint density at radius 3 is 2.25 bits per heavy atom. The molecule has 0 aliphatic rings. The summed E-state index contributed by atoms with van der Waals surface area (Å²) in [5.74, 6) is 0. The van der Waals surface area contributed by atoms with Crippen molar-refractivity contribution in [1.82, 2.24) is 0 Å². The van der Waals surface area contributed by atoms with Gasteiger partial charge in [0.25, 0.3) is 0 Å². The zero-order valence-electron chi connectivity index (χ0n) is 6.45. The molecule has 1 aromatic rings. The van der Waals surface area contributed by atoms with Crippen molar-refractivity contribution in [3.8, 4) is 0 Å². The number of hydrogen-bond acceptors (Lipinski definition) is 1. The van der Waals surface area contributed by atoms with Crippen LogP contribution in [0.3, 0.4) is 0 Å². The molecule has 63 valence electrons.